The number of hydrogen-bond donors (Lipinski definition) is 4. The Morgan fingerprint density at radius 1 is 1.11 bits per heavy atom. The van der Waals surface area contributed by atoms with Gasteiger partial charge in [-0.3, -0.25) is 19.9 Å². The molecule has 0 radical (unpaired) electrons. The Morgan fingerprint density at radius 2 is 1.97 bits per heavy atom. The SMILES string of the molecule is CCCC(O)Nc1cncc(-c2cnc3[nH]nc(-c4nc5c(-c6ccc(C(C)=O)s6)nccc5[nH]4)c3c2)c1. The van der Waals surface area contributed by atoms with Crippen LogP contribution < -0.4 is 5.32 Å². The minimum atomic E-state index is -0.631. The maximum atomic E-state index is 11.8. The molecule has 0 saturated heterocycles. The quantitative estimate of drug-likeness (QED) is 0.153. The van der Waals surface area contributed by atoms with E-state index in [0.29, 0.717) is 39.7 Å². The molecule has 6 aromatic heterocycles. The molecule has 0 fully saturated rings. The van der Waals surface area contributed by atoms with E-state index in [1.807, 2.05) is 37.3 Å². The van der Waals surface area contributed by atoms with Crippen LogP contribution in [0.4, 0.5) is 5.69 Å². The van der Waals surface area contributed by atoms with E-state index in [4.69, 9.17) is 4.98 Å². The number of rotatable bonds is 8. The molecule has 1 atom stereocenters. The van der Waals surface area contributed by atoms with Gasteiger partial charge in [0, 0.05) is 29.7 Å². The highest BCUT2D eigenvalue weighted by atomic mass is 32.1. The van der Waals surface area contributed by atoms with Gasteiger partial charge in [-0.1, -0.05) is 13.3 Å². The number of H-pyrrole nitrogens is 2. The number of fused-ring (bicyclic) bond motifs is 2. The van der Waals surface area contributed by atoms with Gasteiger partial charge in [0.05, 0.1) is 32.5 Å². The van der Waals surface area contributed by atoms with Crippen LogP contribution in [0.2, 0.25) is 0 Å². The van der Waals surface area contributed by atoms with E-state index in [9.17, 15) is 9.90 Å². The fourth-order valence-electron chi connectivity index (χ4n) is 4.34. The number of nitrogens with zero attached hydrogens (tertiary/aromatic N) is 5. The van der Waals surface area contributed by atoms with Crippen LogP contribution >= 0.6 is 11.3 Å². The number of pyridine rings is 3. The number of aromatic amines is 2. The summed E-state index contributed by atoms with van der Waals surface area (Å²) >= 11 is 1.40. The average molecular weight is 525 g/mol. The first-order valence-corrected chi connectivity index (χ1v) is 13.0. The molecule has 6 heterocycles. The maximum absolute atomic E-state index is 11.8. The van der Waals surface area contributed by atoms with Crippen LogP contribution in [-0.2, 0) is 0 Å². The fourth-order valence-corrected chi connectivity index (χ4v) is 5.24. The summed E-state index contributed by atoms with van der Waals surface area (Å²) in [7, 11) is 0. The lowest BCUT2D eigenvalue weighted by Crippen LogP contribution is -2.18. The van der Waals surface area contributed by atoms with Gasteiger partial charge in [-0.2, -0.15) is 5.10 Å². The fraction of sp³-hybridized carbons (Fsp3) is 0.185. The van der Waals surface area contributed by atoms with Crippen LogP contribution in [0.1, 0.15) is 36.4 Å². The molecule has 6 aromatic rings. The first-order chi connectivity index (χ1) is 18.5. The molecular weight excluding hydrogens is 500 g/mol. The van der Waals surface area contributed by atoms with Crippen molar-refractivity contribution >= 4 is 44.9 Å². The summed E-state index contributed by atoms with van der Waals surface area (Å²) in [5.41, 5.74) is 5.94. The van der Waals surface area contributed by atoms with Gasteiger partial charge in [-0.05, 0) is 43.7 Å². The number of hydrogen-bond acceptors (Lipinski definition) is 9. The second kappa shape index (κ2) is 9.77. The molecule has 0 amide bonds. The molecular formula is C27H24N8O2S. The molecule has 11 heteroatoms. The summed E-state index contributed by atoms with van der Waals surface area (Å²) in [5, 5.41) is 21.5. The van der Waals surface area contributed by atoms with Crippen LogP contribution in [0.25, 0.3) is 55.3 Å². The number of carbonyl (C=O) groups is 1. The van der Waals surface area contributed by atoms with Crippen molar-refractivity contribution in [2.45, 2.75) is 32.9 Å². The molecule has 0 spiro atoms. The number of aromatic nitrogens is 7. The minimum absolute atomic E-state index is 0.0242. The van der Waals surface area contributed by atoms with Crippen molar-refractivity contribution in [2.24, 2.45) is 0 Å². The standard InChI is InChI=1S/C27H24N8O2S/c1-3-4-22(37)31-17-9-15(11-28-13-17)16-10-18-23(34-35-26(18)30-12-16)27-32-19-7-8-29-25(24(19)33-27)21-6-5-20(38-21)14(2)36/h5-13,22,31,37H,3-4H2,1-2H3,(H,32,33)(H,30,34,35). The first kappa shape index (κ1) is 23.9. The van der Waals surface area contributed by atoms with Crippen molar-refractivity contribution in [1.29, 1.82) is 0 Å². The van der Waals surface area contributed by atoms with Gasteiger partial charge in [0.15, 0.2) is 17.3 Å². The predicted octanol–water partition coefficient (Wildman–Crippen LogP) is 5.42. The third-order valence-corrected chi connectivity index (χ3v) is 7.39. The monoisotopic (exact) mass is 524 g/mol. The Kier molecular flexibility index (Phi) is 6.14. The van der Waals surface area contributed by atoms with Gasteiger partial charge in [-0.15, -0.1) is 11.3 Å². The topological polar surface area (TPSA) is 145 Å². The third-order valence-electron chi connectivity index (χ3n) is 6.20. The molecule has 0 aromatic carbocycles. The van der Waals surface area contributed by atoms with E-state index in [0.717, 1.165) is 39.0 Å². The largest absolute Gasteiger partial charge is 0.374 e. The highest BCUT2D eigenvalue weighted by molar-refractivity contribution is 7.17. The number of imidazole rings is 1. The number of anilines is 1. The molecule has 0 aliphatic heterocycles. The van der Waals surface area contributed by atoms with Gasteiger partial charge in [0.2, 0.25) is 0 Å². The average Bonchev–Trinajstić information content (AvgIpc) is 3.66. The predicted molar refractivity (Wildman–Crippen MR) is 148 cm³/mol. The lowest BCUT2D eigenvalue weighted by Gasteiger charge is -2.13. The Morgan fingerprint density at radius 3 is 2.79 bits per heavy atom. The van der Waals surface area contributed by atoms with Crippen LogP contribution in [0.5, 0.6) is 0 Å². The number of carbonyl (C=O) groups excluding carboxylic acids is 1. The van der Waals surface area contributed by atoms with Crippen molar-refractivity contribution in [3.63, 3.8) is 0 Å². The molecule has 6 rings (SSSR count). The second-order valence-corrected chi connectivity index (χ2v) is 10.0. The highest BCUT2D eigenvalue weighted by Gasteiger charge is 2.18. The molecule has 0 saturated carbocycles. The van der Waals surface area contributed by atoms with E-state index in [2.05, 4.69) is 35.5 Å². The Labute approximate surface area is 221 Å². The summed E-state index contributed by atoms with van der Waals surface area (Å²) in [6.07, 6.45) is 7.82. The maximum Gasteiger partial charge on any atom is 0.169 e. The molecule has 0 aliphatic carbocycles. The molecule has 38 heavy (non-hydrogen) atoms. The van der Waals surface area contributed by atoms with Crippen molar-refractivity contribution in [3.05, 3.63) is 60.0 Å². The van der Waals surface area contributed by atoms with E-state index in [1.165, 1.54) is 11.3 Å². The number of Topliss-reactive ketones (excluding diaryl/α,β-unsaturated/α-hetero) is 1. The molecule has 10 nitrogen and oxygen atoms in total. The van der Waals surface area contributed by atoms with E-state index in [-0.39, 0.29) is 5.78 Å². The molecule has 4 N–H and O–H groups in total. The molecule has 0 aliphatic rings. The zero-order chi connectivity index (χ0) is 26.2. The summed E-state index contributed by atoms with van der Waals surface area (Å²) in [5.74, 6) is 0.607. The summed E-state index contributed by atoms with van der Waals surface area (Å²) in [6, 6.07) is 9.51. The second-order valence-electron chi connectivity index (χ2n) is 8.96. The summed E-state index contributed by atoms with van der Waals surface area (Å²) in [6.45, 7) is 3.58. The number of thiophene rings is 1. The van der Waals surface area contributed by atoms with Crippen molar-refractivity contribution < 1.29 is 9.90 Å². The normalized spacial score (nSPS) is 12.3. The van der Waals surface area contributed by atoms with Gasteiger partial charge in [0.25, 0.3) is 0 Å². The number of aliphatic hydroxyl groups excluding tert-OH is 1. The van der Waals surface area contributed by atoms with Crippen molar-refractivity contribution in [3.8, 4) is 33.2 Å². The van der Waals surface area contributed by atoms with E-state index < -0.39 is 6.23 Å². The minimum Gasteiger partial charge on any atom is -0.374 e. The van der Waals surface area contributed by atoms with Gasteiger partial charge >= 0.3 is 0 Å². The van der Waals surface area contributed by atoms with Crippen molar-refractivity contribution in [2.75, 3.05) is 5.32 Å². The van der Waals surface area contributed by atoms with Crippen LogP contribution in [0.15, 0.2) is 55.1 Å². The van der Waals surface area contributed by atoms with Gasteiger partial charge in [-0.25, -0.2) is 9.97 Å². The number of nitrogens with one attached hydrogen (secondary N) is 3. The highest BCUT2D eigenvalue weighted by Crippen LogP contribution is 2.34. The Balaban J connectivity index is 1.39. The smallest absolute Gasteiger partial charge is 0.169 e. The summed E-state index contributed by atoms with van der Waals surface area (Å²) < 4.78 is 0. The summed E-state index contributed by atoms with van der Waals surface area (Å²) in [4.78, 5) is 35.0. The van der Waals surface area contributed by atoms with Gasteiger partial charge < -0.3 is 15.4 Å². The van der Waals surface area contributed by atoms with Crippen LogP contribution in [0, 0.1) is 0 Å². The Bertz CT molecular complexity index is 1790. The molecule has 1 unspecified atom stereocenters. The third kappa shape index (κ3) is 4.42. The Hall–Kier alpha value is -4.48. The van der Waals surface area contributed by atoms with E-state index >= 15 is 0 Å². The zero-order valence-electron chi connectivity index (χ0n) is 20.7. The molecule has 0 bridgehead atoms. The number of ketones is 1. The van der Waals surface area contributed by atoms with Crippen molar-refractivity contribution in [1.82, 2.24) is 35.1 Å². The lowest BCUT2D eigenvalue weighted by molar-refractivity contribution is 0.102. The van der Waals surface area contributed by atoms with Gasteiger partial charge in [0.1, 0.15) is 23.1 Å². The van der Waals surface area contributed by atoms with E-state index in [1.54, 1.807) is 31.7 Å². The first-order valence-electron chi connectivity index (χ1n) is 12.2. The van der Waals surface area contributed by atoms with Crippen LogP contribution in [-0.4, -0.2) is 52.2 Å². The number of aliphatic hydroxyl groups is 1. The van der Waals surface area contributed by atoms with Crippen LogP contribution in [0.3, 0.4) is 0 Å². The lowest BCUT2D eigenvalue weighted by atomic mass is 10.1. The zero-order valence-corrected chi connectivity index (χ0v) is 21.5. The molecule has 190 valence electrons.